The van der Waals surface area contributed by atoms with Crippen LogP contribution in [0.4, 0.5) is 14.5 Å². The van der Waals surface area contributed by atoms with E-state index in [-0.39, 0.29) is 0 Å². The number of nitrogens with two attached hydrogens (primary N) is 1. The van der Waals surface area contributed by atoms with Gasteiger partial charge >= 0.3 is 0 Å². The average Bonchev–Trinajstić information content (AvgIpc) is 2.26. The lowest BCUT2D eigenvalue weighted by atomic mass is 10.2. The summed E-state index contributed by atoms with van der Waals surface area (Å²) in [6, 6.07) is 9.00. The quantitative estimate of drug-likeness (QED) is 0.657. The van der Waals surface area contributed by atoms with Gasteiger partial charge < -0.3 is 5.73 Å². The Morgan fingerprint density at radius 3 is 2.33 bits per heavy atom. The van der Waals surface area contributed by atoms with E-state index in [0.29, 0.717) is 17.0 Å². The molecule has 5 heteroatoms. The number of halogens is 3. The molecule has 0 unspecified atom stereocenters. The number of anilines is 1. The van der Waals surface area contributed by atoms with Gasteiger partial charge in [-0.05, 0) is 51.8 Å². The van der Waals surface area contributed by atoms with E-state index >= 15 is 0 Å². The van der Waals surface area contributed by atoms with E-state index in [1.165, 1.54) is 23.9 Å². The lowest BCUT2D eigenvalue weighted by Gasteiger charge is -2.06. The molecule has 2 rings (SSSR count). The minimum atomic E-state index is -0.554. The van der Waals surface area contributed by atoms with Crippen LogP contribution in [-0.4, -0.2) is 0 Å². The molecular formula is C13H10BrF2NS. The van der Waals surface area contributed by atoms with Crippen molar-refractivity contribution in [3.8, 4) is 0 Å². The summed E-state index contributed by atoms with van der Waals surface area (Å²) in [6.45, 7) is 0. The number of hydrogen-bond acceptors (Lipinski definition) is 2. The molecule has 0 spiro atoms. The Morgan fingerprint density at radius 1 is 1.06 bits per heavy atom. The van der Waals surface area contributed by atoms with Gasteiger partial charge in [0, 0.05) is 26.9 Å². The SMILES string of the molecule is Nc1ccc(SCc2cc(F)cc(F)c2)c(Br)c1. The van der Waals surface area contributed by atoms with Crippen molar-refractivity contribution in [2.24, 2.45) is 0 Å². The van der Waals surface area contributed by atoms with Crippen molar-refractivity contribution in [3.05, 3.63) is 58.1 Å². The highest BCUT2D eigenvalue weighted by Crippen LogP contribution is 2.31. The van der Waals surface area contributed by atoms with E-state index < -0.39 is 11.6 Å². The molecule has 94 valence electrons. The maximum Gasteiger partial charge on any atom is 0.126 e. The first-order valence-corrected chi connectivity index (χ1v) is 6.95. The lowest BCUT2D eigenvalue weighted by Crippen LogP contribution is -1.88. The van der Waals surface area contributed by atoms with Gasteiger partial charge in [0.2, 0.25) is 0 Å². The maximum absolute atomic E-state index is 13.0. The summed E-state index contributed by atoms with van der Waals surface area (Å²) in [5, 5.41) is 0. The Labute approximate surface area is 117 Å². The third-order valence-electron chi connectivity index (χ3n) is 2.27. The molecule has 2 N–H and O–H groups in total. The van der Waals surface area contributed by atoms with E-state index in [2.05, 4.69) is 15.9 Å². The van der Waals surface area contributed by atoms with Gasteiger partial charge in [-0.25, -0.2) is 8.78 Å². The third kappa shape index (κ3) is 3.46. The van der Waals surface area contributed by atoms with E-state index in [9.17, 15) is 8.78 Å². The van der Waals surface area contributed by atoms with Gasteiger partial charge in [0.1, 0.15) is 11.6 Å². The highest BCUT2D eigenvalue weighted by atomic mass is 79.9. The minimum absolute atomic E-state index is 0.497. The summed E-state index contributed by atoms with van der Waals surface area (Å²) in [6.07, 6.45) is 0. The lowest BCUT2D eigenvalue weighted by molar-refractivity contribution is 0.581. The molecule has 0 bridgehead atoms. The van der Waals surface area contributed by atoms with Crippen LogP contribution >= 0.6 is 27.7 Å². The van der Waals surface area contributed by atoms with Crippen LogP contribution in [0, 0.1) is 11.6 Å². The second-order valence-corrected chi connectivity index (χ2v) is 5.63. The molecule has 0 aliphatic heterocycles. The number of hydrogen-bond donors (Lipinski definition) is 1. The number of thioether (sulfide) groups is 1. The van der Waals surface area contributed by atoms with Crippen LogP contribution in [0.5, 0.6) is 0 Å². The highest BCUT2D eigenvalue weighted by Gasteiger charge is 2.04. The molecule has 0 amide bonds. The Morgan fingerprint density at radius 2 is 1.72 bits per heavy atom. The minimum Gasteiger partial charge on any atom is -0.399 e. The summed E-state index contributed by atoms with van der Waals surface area (Å²) in [7, 11) is 0. The summed E-state index contributed by atoms with van der Waals surface area (Å²) in [5.41, 5.74) is 6.92. The van der Waals surface area contributed by atoms with Crippen LogP contribution in [-0.2, 0) is 5.75 Å². The van der Waals surface area contributed by atoms with Crippen molar-refractivity contribution in [1.29, 1.82) is 0 Å². The van der Waals surface area contributed by atoms with Crippen LogP contribution < -0.4 is 5.73 Å². The largest absolute Gasteiger partial charge is 0.399 e. The second-order valence-electron chi connectivity index (χ2n) is 3.76. The Hall–Kier alpha value is -1.07. The fourth-order valence-corrected chi connectivity index (χ4v) is 3.08. The Bertz CT molecular complexity index is 555. The topological polar surface area (TPSA) is 26.0 Å². The summed E-state index contributed by atoms with van der Waals surface area (Å²) < 4.78 is 26.9. The smallest absolute Gasteiger partial charge is 0.126 e. The molecular weight excluding hydrogens is 320 g/mol. The van der Waals surface area contributed by atoms with Crippen LogP contribution in [0.3, 0.4) is 0 Å². The molecule has 2 aromatic rings. The molecule has 0 aliphatic carbocycles. The fourth-order valence-electron chi connectivity index (χ4n) is 1.49. The molecule has 0 heterocycles. The first-order valence-electron chi connectivity index (χ1n) is 5.17. The summed E-state index contributed by atoms with van der Waals surface area (Å²) >= 11 is 4.89. The molecule has 0 aliphatic rings. The van der Waals surface area contributed by atoms with Crippen molar-refractivity contribution in [2.45, 2.75) is 10.6 Å². The van der Waals surface area contributed by atoms with E-state index in [1.54, 1.807) is 12.1 Å². The molecule has 2 aromatic carbocycles. The van der Waals surface area contributed by atoms with E-state index in [4.69, 9.17) is 5.73 Å². The highest BCUT2D eigenvalue weighted by molar-refractivity contribution is 9.10. The van der Waals surface area contributed by atoms with Crippen molar-refractivity contribution in [2.75, 3.05) is 5.73 Å². The number of benzene rings is 2. The van der Waals surface area contributed by atoms with Crippen molar-refractivity contribution >= 4 is 33.4 Å². The average molecular weight is 330 g/mol. The molecule has 0 aromatic heterocycles. The van der Waals surface area contributed by atoms with E-state index in [0.717, 1.165) is 15.4 Å². The molecule has 0 saturated carbocycles. The zero-order valence-electron chi connectivity index (χ0n) is 9.29. The van der Waals surface area contributed by atoms with Gasteiger partial charge in [-0.2, -0.15) is 0 Å². The predicted molar refractivity (Wildman–Crippen MR) is 74.5 cm³/mol. The van der Waals surface area contributed by atoms with Gasteiger partial charge in [-0.15, -0.1) is 11.8 Å². The molecule has 0 fully saturated rings. The molecule has 0 saturated heterocycles. The standard InChI is InChI=1S/C13H10BrF2NS/c14-12-6-11(17)1-2-13(12)18-7-8-3-9(15)5-10(16)4-8/h1-6H,7,17H2. The van der Waals surface area contributed by atoms with Crippen LogP contribution in [0.2, 0.25) is 0 Å². The monoisotopic (exact) mass is 329 g/mol. The van der Waals surface area contributed by atoms with Gasteiger partial charge in [-0.3, -0.25) is 0 Å². The van der Waals surface area contributed by atoms with Crippen LogP contribution in [0.25, 0.3) is 0 Å². The summed E-state index contributed by atoms with van der Waals surface area (Å²) in [5.74, 6) is -0.610. The normalized spacial score (nSPS) is 10.6. The molecule has 0 radical (unpaired) electrons. The van der Waals surface area contributed by atoms with Crippen molar-refractivity contribution < 1.29 is 8.78 Å². The molecule has 0 atom stereocenters. The second kappa shape index (κ2) is 5.71. The van der Waals surface area contributed by atoms with E-state index in [1.807, 2.05) is 6.07 Å². The van der Waals surface area contributed by atoms with Crippen LogP contribution in [0.15, 0.2) is 45.8 Å². The van der Waals surface area contributed by atoms with Crippen LogP contribution in [0.1, 0.15) is 5.56 Å². The number of nitrogen functional groups attached to an aromatic ring is 1. The predicted octanol–water partition coefficient (Wildman–Crippen LogP) is 4.60. The van der Waals surface area contributed by atoms with Gasteiger partial charge in [0.25, 0.3) is 0 Å². The molecule has 18 heavy (non-hydrogen) atoms. The first-order chi connectivity index (χ1) is 8.54. The summed E-state index contributed by atoms with van der Waals surface area (Å²) in [4.78, 5) is 0.980. The first kappa shape index (κ1) is 13.4. The van der Waals surface area contributed by atoms with Gasteiger partial charge in [0.05, 0.1) is 0 Å². The Balaban J connectivity index is 2.11. The van der Waals surface area contributed by atoms with Crippen molar-refractivity contribution in [3.63, 3.8) is 0 Å². The third-order valence-corrected chi connectivity index (χ3v) is 4.34. The Kier molecular flexibility index (Phi) is 4.24. The van der Waals surface area contributed by atoms with Crippen molar-refractivity contribution in [1.82, 2.24) is 0 Å². The molecule has 1 nitrogen and oxygen atoms in total. The number of rotatable bonds is 3. The maximum atomic E-state index is 13.0. The zero-order valence-corrected chi connectivity index (χ0v) is 11.7. The zero-order chi connectivity index (χ0) is 13.1. The van der Waals surface area contributed by atoms with Gasteiger partial charge in [0.15, 0.2) is 0 Å². The van der Waals surface area contributed by atoms with Gasteiger partial charge in [-0.1, -0.05) is 0 Å². The fraction of sp³-hybridized carbons (Fsp3) is 0.0769.